The number of halogens is 1. The molecule has 1 aromatic heterocycles. The van der Waals surface area contributed by atoms with Crippen molar-refractivity contribution in [2.45, 2.75) is 45.2 Å². The number of amides is 1. The van der Waals surface area contributed by atoms with Gasteiger partial charge in [0.1, 0.15) is 17.3 Å². The quantitative estimate of drug-likeness (QED) is 0.636. The summed E-state index contributed by atoms with van der Waals surface area (Å²) in [6.45, 7) is 4.11. The summed E-state index contributed by atoms with van der Waals surface area (Å²) in [6.07, 6.45) is 1.55. The van der Waals surface area contributed by atoms with Crippen LogP contribution in [0.1, 0.15) is 42.8 Å². The van der Waals surface area contributed by atoms with Gasteiger partial charge in [0.25, 0.3) is 5.91 Å². The molecule has 1 aliphatic carbocycles. The highest BCUT2D eigenvalue weighted by Crippen LogP contribution is 2.47. The average Bonchev–Trinajstić information content (AvgIpc) is 3.09. The van der Waals surface area contributed by atoms with E-state index < -0.39 is 9.84 Å². The molecule has 1 amide bonds. The minimum atomic E-state index is -3.13. The molecule has 0 radical (unpaired) electrons. The van der Waals surface area contributed by atoms with Gasteiger partial charge in [-0.05, 0) is 61.6 Å². The molecule has 30 heavy (non-hydrogen) atoms. The van der Waals surface area contributed by atoms with Gasteiger partial charge in [0.05, 0.1) is 18.1 Å². The summed E-state index contributed by atoms with van der Waals surface area (Å²) in [7, 11) is -3.13. The number of hydrogen-bond acceptors (Lipinski definition) is 5. The number of carbonyl (C=O) groups excluding carboxylic acids is 1. The van der Waals surface area contributed by atoms with Crippen molar-refractivity contribution in [1.82, 2.24) is 4.90 Å². The van der Waals surface area contributed by atoms with E-state index in [2.05, 4.69) is 6.92 Å². The molecule has 2 heterocycles. The fourth-order valence-electron chi connectivity index (χ4n) is 3.94. The van der Waals surface area contributed by atoms with E-state index >= 15 is 0 Å². The number of ether oxygens (including phenoxy) is 1. The van der Waals surface area contributed by atoms with E-state index in [9.17, 15) is 13.2 Å². The highest BCUT2D eigenvalue weighted by molar-refractivity contribution is 7.91. The molecule has 8 heteroatoms. The van der Waals surface area contributed by atoms with Gasteiger partial charge < -0.3 is 14.1 Å². The van der Waals surface area contributed by atoms with Gasteiger partial charge in [-0.15, -0.1) is 0 Å². The van der Waals surface area contributed by atoms with Gasteiger partial charge in [-0.3, -0.25) is 4.79 Å². The second-order valence-corrected chi connectivity index (χ2v) is 11.0. The molecule has 162 valence electrons. The molecule has 1 aromatic carbocycles. The Morgan fingerprint density at radius 2 is 2.07 bits per heavy atom. The molecule has 2 fully saturated rings. The maximum absolute atomic E-state index is 13.0. The Hall–Kier alpha value is -1.99. The number of sulfone groups is 1. The Bertz CT molecular complexity index is 1050. The highest BCUT2D eigenvalue weighted by atomic mass is 35.5. The summed E-state index contributed by atoms with van der Waals surface area (Å²) >= 11 is 6.04. The number of nitrogens with zero attached hydrogens (tertiary/aromatic N) is 1. The van der Waals surface area contributed by atoms with Crippen LogP contribution in [0.15, 0.2) is 34.7 Å². The lowest BCUT2D eigenvalue weighted by Crippen LogP contribution is -2.43. The molecule has 1 saturated carbocycles. The molecule has 1 saturated heterocycles. The molecular weight excluding hydrogens is 426 g/mol. The largest absolute Gasteiger partial charge is 0.484 e. The fourth-order valence-corrected chi connectivity index (χ4v) is 5.79. The van der Waals surface area contributed by atoms with Crippen LogP contribution < -0.4 is 4.74 Å². The molecule has 1 aliphatic heterocycles. The van der Waals surface area contributed by atoms with E-state index in [1.807, 2.05) is 19.1 Å². The second-order valence-electron chi connectivity index (χ2n) is 8.40. The minimum Gasteiger partial charge on any atom is -0.484 e. The third-order valence-electron chi connectivity index (χ3n) is 5.94. The predicted octanol–water partition coefficient (Wildman–Crippen LogP) is 3.96. The molecule has 0 bridgehead atoms. The van der Waals surface area contributed by atoms with Crippen molar-refractivity contribution in [2.24, 2.45) is 5.92 Å². The second kappa shape index (κ2) is 8.27. The van der Waals surface area contributed by atoms with Gasteiger partial charge in [0, 0.05) is 17.0 Å². The van der Waals surface area contributed by atoms with Crippen LogP contribution >= 0.6 is 11.6 Å². The molecule has 2 aliphatic rings. The number of aryl methyl sites for hydroxylation is 1. The minimum absolute atomic E-state index is 0.0218. The zero-order valence-corrected chi connectivity index (χ0v) is 18.7. The Morgan fingerprint density at radius 1 is 1.30 bits per heavy atom. The lowest BCUT2D eigenvalue weighted by molar-refractivity contribution is -0.136. The number of furan rings is 1. The van der Waals surface area contributed by atoms with E-state index in [0.29, 0.717) is 34.8 Å². The van der Waals surface area contributed by atoms with Crippen LogP contribution in [0, 0.1) is 12.8 Å². The summed E-state index contributed by atoms with van der Waals surface area (Å²) in [4.78, 5) is 14.6. The van der Waals surface area contributed by atoms with Crippen LogP contribution in [0.2, 0.25) is 5.02 Å². The summed E-state index contributed by atoms with van der Waals surface area (Å²) in [6, 6.07) is 8.68. The van der Waals surface area contributed by atoms with Crippen molar-refractivity contribution in [1.29, 1.82) is 0 Å². The van der Waals surface area contributed by atoms with Crippen molar-refractivity contribution in [3.63, 3.8) is 0 Å². The van der Waals surface area contributed by atoms with Gasteiger partial charge in [-0.2, -0.15) is 0 Å². The lowest BCUT2D eigenvalue weighted by atomic mass is 10.2. The number of carbonyl (C=O) groups is 1. The molecule has 3 atom stereocenters. The fraction of sp³-hybridized carbons (Fsp3) is 0.500. The Kier molecular flexibility index (Phi) is 5.86. The third-order valence-corrected chi connectivity index (χ3v) is 8.12. The van der Waals surface area contributed by atoms with Crippen LogP contribution in [0.25, 0.3) is 0 Å². The SMILES string of the molecule is Cc1cc(OCC(=O)N(Cc2ccc(C3CC3C)o2)C2CCS(=O)(=O)C2)ccc1Cl. The van der Waals surface area contributed by atoms with Crippen molar-refractivity contribution in [2.75, 3.05) is 18.1 Å². The van der Waals surface area contributed by atoms with Crippen LogP contribution in [-0.2, 0) is 21.2 Å². The summed E-state index contributed by atoms with van der Waals surface area (Å²) in [5, 5.41) is 0.630. The smallest absolute Gasteiger partial charge is 0.261 e. The summed E-state index contributed by atoms with van der Waals surface area (Å²) < 4.78 is 35.6. The highest BCUT2D eigenvalue weighted by Gasteiger charge is 2.38. The van der Waals surface area contributed by atoms with Crippen LogP contribution in [0.3, 0.4) is 0 Å². The average molecular weight is 452 g/mol. The first kappa shape index (κ1) is 21.2. The first-order valence-corrected chi connectivity index (χ1v) is 12.4. The molecule has 4 rings (SSSR count). The number of rotatable bonds is 7. The van der Waals surface area contributed by atoms with E-state index in [0.717, 1.165) is 17.7 Å². The van der Waals surface area contributed by atoms with E-state index in [-0.39, 0.29) is 36.6 Å². The summed E-state index contributed by atoms with van der Waals surface area (Å²) in [5.74, 6) is 3.05. The first-order valence-electron chi connectivity index (χ1n) is 10.2. The summed E-state index contributed by atoms with van der Waals surface area (Å²) in [5.41, 5.74) is 0.859. The van der Waals surface area contributed by atoms with E-state index in [1.165, 1.54) is 0 Å². The molecule has 0 spiro atoms. The normalized spacial score (nSPS) is 24.6. The molecule has 2 aromatic rings. The third kappa shape index (κ3) is 4.83. The maximum atomic E-state index is 13.0. The number of hydrogen-bond donors (Lipinski definition) is 0. The van der Waals surface area contributed by atoms with Crippen molar-refractivity contribution in [3.05, 3.63) is 52.4 Å². The van der Waals surface area contributed by atoms with Gasteiger partial charge in [-0.25, -0.2) is 8.42 Å². The first-order chi connectivity index (χ1) is 14.2. The van der Waals surface area contributed by atoms with Crippen molar-refractivity contribution in [3.8, 4) is 5.75 Å². The van der Waals surface area contributed by atoms with Crippen LogP contribution in [0.4, 0.5) is 0 Å². The van der Waals surface area contributed by atoms with Crippen LogP contribution in [-0.4, -0.2) is 43.4 Å². The zero-order chi connectivity index (χ0) is 21.5. The standard InChI is InChI=1S/C22H26ClNO5S/c1-14-10-19(14)21-6-4-18(29-21)11-24(16-7-8-30(26,27)13-16)22(25)12-28-17-3-5-20(23)15(2)9-17/h3-6,9,14,16,19H,7-8,10-13H2,1-2H3. The Labute approximate surface area is 182 Å². The van der Waals surface area contributed by atoms with Gasteiger partial charge in [-0.1, -0.05) is 18.5 Å². The van der Waals surface area contributed by atoms with Gasteiger partial charge in [0.15, 0.2) is 16.4 Å². The van der Waals surface area contributed by atoms with Crippen molar-refractivity contribution < 1.29 is 22.4 Å². The number of benzene rings is 1. The van der Waals surface area contributed by atoms with Gasteiger partial charge in [0.2, 0.25) is 0 Å². The van der Waals surface area contributed by atoms with Crippen LogP contribution in [0.5, 0.6) is 5.75 Å². The lowest BCUT2D eigenvalue weighted by Gasteiger charge is -2.27. The van der Waals surface area contributed by atoms with Gasteiger partial charge >= 0.3 is 0 Å². The predicted molar refractivity (Wildman–Crippen MR) is 115 cm³/mol. The Morgan fingerprint density at radius 3 is 2.70 bits per heavy atom. The van der Waals surface area contributed by atoms with E-state index in [4.69, 9.17) is 20.8 Å². The topological polar surface area (TPSA) is 76.8 Å². The molecule has 6 nitrogen and oxygen atoms in total. The molecule has 0 N–H and O–H groups in total. The Balaban J connectivity index is 1.47. The zero-order valence-electron chi connectivity index (χ0n) is 17.1. The van der Waals surface area contributed by atoms with Crippen molar-refractivity contribution >= 4 is 27.3 Å². The molecular formula is C22H26ClNO5S. The maximum Gasteiger partial charge on any atom is 0.261 e. The molecule has 3 unspecified atom stereocenters. The van der Waals surface area contributed by atoms with E-state index in [1.54, 1.807) is 23.1 Å². The monoisotopic (exact) mass is 451 g/mol.